The van der Waals surface area contributed by atoms with Crippen molar-refractivity contribution in [3.63, 3.8) is 0 Å². The first kappa shape index (κ1) is 6.60. The van der Waals surface area contributed by atoms with Crippen molar-refractivity contribution in [1.29, 1.82) is 0 Å². The highest BCUT2D eigenvalue weighted by Gasteiger charge is 2.01. The van der Waals surface area contributed by atoms with Gasteiger partial charge in [0.25, 0.3) is 0 Å². The molecule has 3 heteroatoms. The second-order valence-corrected chi connectivity index (χ2v) is 2.81. The summed E-state index contributed by atoms with van der Waals surface area (Å²) in [5.41, 5.74) is 1.91. The van der Waals surface area contributed by atoms with E-state index in [9.17, 15) is 0 Å². The molecular formula is C10H6N3. The summed E-state index contributed by atoms with van der Waals surface area (Å²) in [6.07, 6.45) is 3.69. The first-order valence-corrected chi connectivity index (χ1v) is 4.05. The molecule has 0 atom stereocenters. The molecule has 2 aromatic heterocycles. The van der Waals surface area contributed by atoms with E-state index in [1.807, 2.05) is 34.9 Å². The van der Waals surface area contributed by atoms with Crippen LogP contribution in [0.1, 0.15) is 0 Å². The minimum Gasteiger partial charge on any atom is -0.284 e. The SMILES string of the molecule is [c]1cccc2c1nc1ncccn12. The molecule has 0 unspecified atom stereocenters. The summed E-state index contributed by atoms with van der Waals surface area (Å²) in [6.45, 7) is 0. The van der Waals surface area contributed by atoms with Crippen molar-refractivity contribution in [3.05, 3.63) is 42.7 Å². The zero-order chi connectivity index (χ0) is 8.67. The summed E-state index contributed by atoms with van der Waals surface area (Å²) in [5, 5.41) is 0. The highest BCUT2D eigenvalue weighted by Crippen LogP contribution is 2.12. The van der Waals surface area contributed by atoms with Gasteiger partial charge in [-0.05, 0) is 12.1 Å². The van der Waals surface area contributed by atoms with Crippen LogP contribution >= 0.6 is 0 Å². The lowest BCUT2D eigenvalue weighted by atomic mass is 10.3. The lowest BCUT2D eigenvalue weighted by Crippen LogP contribution is -1.84. The Labute approximate surface area is 74.7 Å². The maximum atomic E-state index is 4.31. The molecule has 3 aromatic rings. The molecule has 0 aliphatic rings. The summed E-state index contributed by atoms with van der Waals surface area (Å²) in [5.74, 6) is 0.722. The van der Waals surface area contributed by atoms with Crippen molar-refractivity contribution >= 4 is 16.8 Å². The van der Waals surface area contributed by atoms with Crippen LogP contribution in [-0.4, -0.2) is 14.4 Å². The highest BCUT2D eigenvalue weighted by atomic mass is 15.1. The molecule has 0 N–H and O–H groups in total. The maximum Gasteiger partial charge on any atom is 0.234 e. The van der Waals surface area contributed by atoms with Crippen LogP contribution in [0.5, 0.6) is 0 Å². The molecule has 1 radical (unpaired) electrons. The van der Waals surface area contributed by atoms with E-state index in [2.05, 4.69) is 16.0 Å². The molecule has 1 aromatic carbocycles. The van der Waals surface area contributed by atoms with E-state index >= 15 is 0 Å². The average molecular weight is 168 g/mol. The molecule has 0 amide bonds. The third kappa shape index (κ3) is 0.839. The Morgan fingerprint density at radius 3 is 3.31 bits per heavy atom. The third-order valence-electron chi connectivity index (χ3n) is 2.01. The topological polar surface area (TPSA) is 30.2 Å². The van der Waals surface area contributed by atoms with E-state index in [1.165, 1.54) is 0 Å². The predicted molar refractivity (Wildman–Crippen MR) is 49.3 cm³/mol. The third-order valence-corrected chi connectivity index (χ3v) is 2.01. The Morgan fingerprint density at radius 2 is 2.31 bits per heavy atom. The van der Waals surface area contributed by atoms with Crippen LogP contribution in [0, 0.1) is 6.07 Å². The lowest BCUT2D eigenvalue weighted by Gasteiger charge is -1.90. The van der Waals surface area contributed by atoms with Crippen molar-refractivity contribution in [2.45, 2.75) is 0 Å². The summed E-state index contributed by atoms with van der Waals surface area (Å²) in [6, 6.07) is 10.8. The number of hydrogen-bond donors (Lipinski definition) is 0. The number of para-hydroxylation sites is 1. The Bertz CT molecular complexity index is 518. The zero-order valence-corrected chi connectivity index (χ0v) is 6.81. The van der Waals surface area contributed by atoms with Gasteiger partial charge in [0.1, 0.15) is 0 Å². The minimum atomic E-state index is 0.722. The Hall–Kier alpha value is -1.90. The van der Waals surface area contributed by atoms with Crippen LogP contribution in [0.3, 0.4) is 0 Å². The van der Waals surface area contributed by atoms with E-state index in [-0.39, 0.29) is 0 Å². The minimum absolute atomic E-state index is 0.722. The normalized spacial score (nSPS) is 11.1. The summed E-state index contributed by atoms with van der Waals surface area (Å²) in [4.78, 5) is 8.46. The van der Waals surface area contributed by atoms with E-state index in [0.29, 0.717) is 0 Å². The molecular weight excluding hydrogens is 162 g/mol. The quantitative estimate of drug-likeness (QED) is 0.511. The van der Waals surface area contributed by atoms with Gasteiger partial charge in [0.05, 0.1) is 11.0 Å². The van der Waals surface area contributed by atoms with Crippen LogP contribution in [0.15, 0.2) is 36.7 Å². The van der Waals surface area contributed by atoms with Crippen molar-refractivity contribution in [2.24, 2.45) is 0 Å². The van der Waals surface area contributed by atoms with Crippen molar-refractivity contribution < 1.29 is 0 Å². The highest BCUT2D eigenvalue weighted by molar-refractivity contribution is 5.78. The number of benzene rings is 1. The monoisotopic (exact) mass is 168 g/mol. The summed E-state index contributed by atoms with van der Waals surface area (Å²) >= 11 is 0. The van der Waals surface area contributed by atoms with Crippen LogP contribution in [0.4, 0.5) is 0 Å². The fourth-order valence-corrected chi connectivity index (χ4v) is 1.44. The first-order chi connectivity index (χ1) is 6.45. The average Bonchev–Trinajstić information content (AvgIpc) is 2.56. The number of hydrogen-bond acceptors (Lipinski definition) is 2. The van der Waals surface area contributed by atoms with Gasteiger partial charge in [-0.25, -0.2) is 9.97 Å². The van der Waals surface area contributed by atoms with Gasteiger partial charge < -0.3 is 0 Å². The van der Waals surface area contributed by atoms with Crippen molar-refractivity contribution in [2.75, 3.05) is 0 Å². The van der Waals surface area contributed by atoms with Crippen molar-refractivity contribution in [1.82, 2.24) is 14.4 Å². The standard InChI is InChI=1S/C10H6N3/c1-2-5-9-8(4-1)12-10-11-6-3-7-13(9)10/h1-3,5-7H. The molecule has 3 rings (SSSR count). The van der Waals surface area contributed by atoms with E-state index in [0.717, 1.165) is 16.8 Å². The van der Waals surface area contributed by atoms with Crippen LogP contribution in [0.25, 0.3) is 16.8 Å². The molecule has 0 bridgehead atoms. The van der Waals surface area contributed by atoms with Gasteiger partial charge in [-0.2, -0.15) is 0 Å². The Balaban J connectivity index is 2.64. The molecule has 0 fully saturated rings. The number of imidazole rings is 1. The van der Waals surface area contributed by atoms with E-state index < -0.39 is 0 Å². The molecule has 0 saturated carbocycles. The smallest absolute Gasteiger partial charge is 0.234 e. The molecule has 2 heterocycles. The van der Waals surface area contributed by atoms with Gasteiger partial charge in [0.2, 0.25) is 5.78 Å². The number of aromatic nitrogens is 3. The second-order valence-electron chi connectivity index (χ2n) is 2.81. The van der Waals surface area contributed by atoms with Gasteiger partial charge in [-0.3, -0.25) is 4.40 Å². The van der Waals surface area contributed by atoms with Gasteiger partial charge in [-0.15, -0.1) is 0 Å². The largest absolute Gasteiger partial charge is 0.284 e. The molecule has 61 valence electrons. The number of nitrogens with zero attached hydrogens (tertiary/aromatic N) is 3. The van der Waals surface area contributed by atoms with Crippen LogP contribution in [-0.2, 0) is 0 Å². The first-order valence-electron chi connectivity index (χ1n) is 4.05. The molecule has 3 nitrogen and oxygen atoms in total. The van der Waals surface area contributed by atoms with Crippen molar-refractivity contribution in [3.8, 4) is 0 Å². The second kappa shape index (κ2) is 2.29. The van der Waals surface area contributed by atoms with Gasteiger partial charge in [0.15, 0.2) is 0 Å². The van der Waals surface area contributed by atoms with E-state index in [4.69, 9.17) is 0 Å². The van der Waals surface area contributed by atoms with Gasteiger partial charge in [0, 0.05) is 18.5 Å². The Kier molecular flexibility index (Phi) is 1.16. The Morgan fingerprint density at radius 1 is 1.31 bits per heavy atom. The van der Waals surface area contributed by atoms with Gasteiger partial charge in [-0.1, -0.05) is 12.1 Å². The van der Waals surface area contributed by atoms with E-state index in [1.54, 1.807) is 6.20 Å². The molecule has 0 aliphatic carbocycles. The summed E-state index contributed by atoms with van der Waals surface area (Å²) < 4.78 is 1.95. The number of fused-ring (bicyclic) bond motifs is 3. The molecule has 0 saturated heterocycles. The maximum absolute atomic E-state index is 4.31. The molecule has 0 aliphatic heterocycles. The molecule has 0 spiro atoms. The number of rotatable bonds is 0. The predicted octanol–water partition coefficient (Wildman–Crippen LogP) is 1.68. The summed E-state index contributed by atoms with van der Waals surface area (Å²) in [7, 11) is 0. The fourth-order valence-electron chi connectivity index (χ4n) is 1.44. The van der Waals surface area contributed by atoms with Crippen LogP contribution < -0.4 is 0 Å². The molecule has 13 heavy (non-hydrogen) atoms. The fraction of sp³-hybridized carbons (Fsp3) is 0. The van der Waals surface area contributed by atoms with Gasteiger partial charge >= 0.3 is 0 Å². The zero-order valence-electron chi connectivity index (χ0n) is 6.81. The lowest BCUT2D eigenvalue weighted by molar-refractivity contribution is 1.13. The van der Waals surface area contributed by atoms with Crippen LogP contribution in [0.2, 0.25) is 0 Å².